The Morgan fingerprint density at radius 3 is 2.43 bits per heavy atom. The maximum absolute atomic E-state index is 12.8. The average molecular weight is 387 g/mol. The number of carbonyl (C=O) groups is 2. The molecule has 148 valence electrons. The molecule has 0 heterocycles. The van der Waals surface area contributed by atoms with Crippen LogP contribution in [0.4, 0.5) is 10.1 Å². The Morgan fingerprint density at radius 1 is 1.04 bits per heavy atom. The minimum Gasteiger partial charge on any atom is -0.494 e. The molecule has 0 aliphatic carbocycles. The van der Waals surface area contributed by atoms with E-state index in [1.807, 2.05) is 13.8 Å². The summed E-state index contributed by atoms with van der Waals surface area (Å²) >= 11 is 0. The van der Waals surface area contributed by atoms with Gasteiger partial charge in [-0.15, -0.1) is 0 Å². The van der Waals surface area contributed by atoms with Crippen molar-refractivity contribution in [3.8, 4) is 11.5 Å². The molecule has 0 radical (unpaired) electrons. The lowest BCUT2D eigenvalue weighted by atomic mass is 10.2. The molecule has 0 unspecified atom stereocenters. The molecule has 1 amide bonds. The SMILES string of the molecule is CCOc1ccc(OCC)c(NC(=O)COC(=O)/C=C/c2ccc(F)cc2)c1. The van der Waals surface area contributed by atoms with Crippen molar-refractivity contribution in [2.24, 2.45) is 0 Å². The van der Waals surface area contributed by atoms with E-state index < -0.39 is 18.5 Å². The highest BCUT2D eigenvalue weighted by molar-refractivity contribution is 5.95. The number of amides is 1. The van der Waals surface area contributed by atoms with Crippen LogP contribution in [-0.4, -0.2) is 31.7 Å². The molecule has 2 aromatic carbocycles. The molecule has 2 aromatic rings. The summed E-state index contributed by atoms with van der Waals surface area (Å²) in [4.78, 5) is 23.8. The molecule has 7 heteroatoms. The first-order chi connectivity index (χ1) is 13.5. The van der Waals surface area contributed by atoms with E-state index in [-0.39, 0.29) is 5.82 Å². The Hall–Kier alpha value is -3.35. The smallest absolute Gasteiger partial charge is 0.331 e. The van der Waals surface area contributed by atoms with Crippen LogP contribution in [0.5, 0.6) is 11.5 Å². The molecule has 0 saturated heterocycles. The molecule has 0 bridgehead atoms. The summed E-state index contributed by atoms with van der Waals surface area (Å²) in [6.45, 7) is 4.14. The monoisotopic (exact) mass is 387 g/mol. The number of hydrogen-bond donors (Lipinski definition) is 1. The largest absolute Gasteiger partial charge is 0.494 e. The molecule has 6 nitrogen and oxygen atoms in total. The molecule has 0 aromatic heterocycles. The number of esters is 1. The fourth-order valence-corrected chi connectivity index (χ4v) is 2.25. The number of anilines is 1. The fourth-order valence-electron chi connectivity index (χ4n) is 2.25. The van der Waals surface area contributed by atoms with Crippen LogP contribution in [0, 0.1) is 5.82 Å². The van der Waals surface area contributed by atoms with Crippen molar-refractivity contribution in [3.05, 3.63) is 59.9 Å². The van der Waals surface area contributed by atoms with Crippen LogP contribution >= 0.6 is 0 Å². The first-order valence-electron chi connectivity index (χ1n) is 8.81. The fraction of sp³-hybridized carbons (Fsp3) is 0.238. The maximum atomic E-state index is 12.8. The lowest BCUT2D eigenvalue weighted by Gasteiger charge is -2.13. The zero-order chi connectivity index (χ0) is 20.4. The van der Waals surface area contributed by atoms with Gasteiger partial charge in [-0.25, -0.2) is 9.18 Å². The highest BCUT2D eigenvalue weighted by atomic mass is 19.1. The summed E-state index contributed by atoms with van der Waals surface area (Å²) in [5.41, 5.74) is 1.06. The maximum Gasteiger partial charge on any atom is 0.331 e. The quantitative estimate of drug-likeness (QED) is 0.523. The summed E-state index contributed by atoms with van der Waals surface area (Å²) in [5.74, 6) is -0.496. The number of ether oxygens (including phenoxy) is 3. The van der Waals surface area contributed by atoms with Crippen LogP contribution in [0.25, 0.3) is 6.08 Å². The zero-order valence-corrected chi connectivity index (χ0v) is 15.7. The summed E-state index contributed by atoms with van der Waals surface area (Å²) < 4.78 is 28.6. The molecule has 0 aliphatic heterocycles. The molecule has 0 saturated carbocycles. The molecule has 0 fully saturated rings. The third-order valence-electron chi connectivity index (χ3n) is 3.46. The predicted molar refractivity (Wildman–Crippen MR) is 104 cm³/mol. The van der Waals surface area contributed by atoms with Crippen LogP contribution in [-0.2, 0) is 14.3 Å². The van der Waals surface area contributed by atoms with Crippen LogP contribution in [0.3, 0.4) is 0 Å². The Balaban J connectivity index is 1.91. The summed E-state index contributed by atoms with van der Waals surface area (Å²) in [6, 6.07) is 10.7. The van der Waals surface area contributed by atoms with E-state index in [9.17, 15) is 14.0 Å². The minimum absolute atomic E-state index is 0.365. The van der Waals surface area contributed by atoms with Gasteiger partial charge in [0.15, 0.2) is 6.61 Å². The van der Waals surface area contributed by atoms with Gasteiger partial charge in [0.2, 0.25) is 0 Å². The number of carbonyl (C=O) groups excluding carboxylic acids is 2. The van der Waals surface area contributed by atoms with E-state index in [1.54, 1.807) is 18.2 Å². The molecule has 0 atom stereocenters. The van der Waals surface area contributed by atoms with Gasteiger partial charge in [-0.05, 0) is 49.8 Å². The van der Waals surface area contributed by atoms with Crippen molar-refractivity contribution in [1.82, 2.24) is 0 Å². The van der Waals surface area contributed by atoms with Gasteiger partial charge < -0.3 is 19.5 Å². The zero-order valence-electron chi connectivity index (χ0n) is 15.7. The van der Waals surface area contributed by atoms with Crippen LogP contribution in [0.15, 0.2) is 48.5 Å². The van der Waals surface area contributed by atoms with Crippen molar-refractivity contribution in [3.63, 3.8) is 0 Å². The molecule has 28 heavy (non-hydrogen) atoms. The highest BCUT2D eigenvalue weighted by Gasteiger charge is 2.11. The van der Waals surface area contributed by atoms with Gasteiger partial charge in [0.25, 0.3) is 5.91 Å². The van der Waals surface area contributed by atoms with Gasteiger partial charge in [-0.1, -0.05) is 12.1 Å². The molecule has 2 rings (SSSR count). The number of benzene rings is 2. The Bertz CT molecular complexity index is 833. The normalized spacial score (nSPS) is 10.5. The molecule has 0 aliphatic rings. The second kappa shape index (κ2) is 10.7. The Kier molecular flexibility index (Phi) is 8.02. The number of nitrogens with one attached hydrogen (secondary N) is 1. The van der Waals surface area contributed by atoms with Gasteiger partial charge in [-0.3, -0.25) is 4.79 Å². The van der Waals surface area contributed by atoms with Crippen molar-refractivity contribution < 1.29 is 28.2 Å². The average Bonchev–Trinajstić information content (AvgIpc) is 2.68. The highest BCUT2D eigenvalue weighted by Crippen LogP contribution is 2.29. The Morgan fingerprint density at radius 2 is 1.75 bits per heavy atom. The number of rotatable bonds is 9. The lowest BCUT2D eigenvalue weighted by Crippen LogP contribution is -2.20. The van der Waals surface area contributed by atoms with Gasteiger partial charge in [0.05, 0.1) is 18.9 Å². The van der Waals surface area contributed by atoms with Crippen molar-refractivity contribution in [2.75, 3.05) is 25.1 Å². The molecule has 1 N–H and O–H groups in total. The van der Waals surface area contributed by atoms with Crippen LogP contribution in [0.2, 0.25) is 0 Å². The summed E-state index contributed by atoms with van der Waals surface area (Å²) in [7, 11) is 0. The standard InChI is InChI=1S/C21H22FNO5/c1-3-26-17-10-11-19(27-4-2)18(13-17)23-20(24)14-28-21(25)12-7-15-5-8-16(22)9-6-15/h5-13H,3-4,14H2,1-2H3,(H,23,24)/b12-7+. The molecule has 0 spiro atoms. The van der Waals surface area contributed by atoms with Crippen molar-refractivity contribution in [1.29, 1.82) is 0 Å². The van der Waals surface area contributed by atoms with Crippen LogP contribution < -0.4 is 14.8 Å². The van der Waals surface area contributed by atoms with E-state index in [2.05, 4.69) is 5.32 Å². The Labute approximate surface area is 162 Å². The van der Waals surface area contributed by atoms with Crippen molar-refractivity contribution in [2.45, 2.75) is 13.8 Å². The van der Waals surface area contributed by atoms with Crippen molar-refractivity contribution >= 4 is 23.6 Å². The predicted octanol–water partition coefficient (Wildman–Crippen LogP) is 3.82. The molecular formula is C21H22FNO5. The number of hydrogen-bond acceptors (Lipinski definition) is 5. The third kappa shape index (κ3) is 6.75. The number of halogens is 1. The van der Waals surface area contributed by atoms with Gasteiger partial charge >= 0.3 is 5.97 Å². The van der Waals surface area contributed by atoms with Gasteiger partial charge in [-0.2, -0.15) is 0 Å². The summed E-state index contributed by atoms with van der Waals surface area (Å²) in [6.07, 6.45) is 2.64. The first-order valence-corrected chi connectivity index (χ1v) is 8.81. The van der Waals surface area contributed by atoms with E-state index in [0.717, 1.165) is 0 Å². The molecular weight excluding hydrogens is 365 g/mol. The first kappa shape index (κ1) is 21.0. The lowest BCUT2D eigenvalue weighted by molar-refractivity contribution is -0.142. The van der Waals surface area contributed by atoms with Gasteiger partial charge in [0.1, 0.15) is 17.3 Å². The third-order valence-corrected chi connectivity index (χ3v) is 3.46. The van der Waals surface area contributed by atoms with E-state index >= 15 is 0 Å². The topological polar surface area (TPSA) is 73.9 Å². The van der Waals surface area contributed by atoms with E-state index in [4.69, 9.17) is 14.2 Å². The van der Waals surface area contributed by atoms with Gasteiger partial charge in [0, 0.05) is 12.1 Å². The second-order valence-electron chi connectivity index (χ2n) is 5.56. The van der Waals surface area contributed by atoms with Crippen LogP contribution in [0.1, 0.15) is 19.4 Å². The summed E-state index contributed by atoms with van der Waals surface area (Å²) in [5, 5.41) is 2.64. The van der Waals surface area contributed by atoms with E-state index in [0.29, 0.717) is 36.0 Å². The van der Waals surface area contributed by atoms with E-state index in [1.165, 1.54) is 36.4 Å². The second-order valence-corrected chi connectivity index (χ2v) is 5.56. The minimum atomic E-state index is -0.687.